The number of nitrogens with zero attached hydrogens (tertiary/aromatic N) is 2. The summed E-state index contributed by atoms with van der Waals surface area (Å²) in [6.45, 7) is 0.690. The zero-order valence-corrected chi connectivity index (χ0v) is 15.9. The predicted molar refractivity (Wildman–Crippen MR) is 100 cm³/mol. The van der Waals surface area contributed by atoms with E-state index >= 15 is 0 Å². The summed E-state index contributed by atoms with van der Waals surface area (Å²) in [5, 5.41) is 2.77. The molecule has 2 heterocycles. The van der Waals surface area contributed by atoms with Crippen molar-refractivity contribution in [2.45, 2.75) is 18.6 Å². The molecular formula is C19H16ClF3N4O2. The Balaban J connectivity index is 1.73. The second-order valence-corrected chi connectivity index (χ2v) is 7.55. The molecule has 1 aromatic carbocycles. The van der Waals surface area contributed by atoms with Crippen molar-refractivity contribution in [2.24, 2.45) is 22.6 Å². The lowest BCUT2D eigenvalue weighted by Crippen LogP contribution is -2.40. The monoisotopic (exact) mass is 424 g/mol. The van der Waals surface area contributed by atoms with Crippen LogP contribution in [0.5, 0.6) is 0 Å². The van der Waals surface area contributed by atoms with Gasteiger partial charge in [-0.25, -0.2) is 23.1 Å². The highest BCUT2D eigenvalue weighted by atomic mass is 35.5. The predicted octanol–water partition coefficient (Wildman–Crippen LogP) is 3.41. The topological polar surface area (TPSA) is 89.6 Å². The van der Waals surface area contributed by atoms with E-state index in [9.17, 15) is 18.0 Å². The fourth-order valence-electron chi connectivity index (χ4n) is 3.86. The van der Waals surface area contributed by atoms with Gasteiger partial charge in [0, 0.05) is 35.3 Å². The molecule has 2 aliphatic rings. The summed E-state index contributed by atoms with van der Waals surface area (Å²) in [7, 11) is 0. The molecule has 0 bridgehead atoms. The number of benzene rings is 1. The number of hydrogen-bond donors (Lipinski definition) is 2. The van der Waals surface area contributed by atoms with E-state index in [1.807, 2.05) is 0 Å². The van der Waals surface area contributed by atoms with Crippen LogP contribution >= 0.6 is 11.6 Å². The Kier molecular flexibility index (Phi) is 4.65. The first-order chi connectivity index (χ1) is 13.8. The standard InChI is InChI=1S/C19H16ClF3N4O2/c1-8-14-16(8)29-18(24)27-19(14,7-21)11-4-10(5-12(22)15(11)23)26-17(28)13-3-2-9(20)6-25-13/h2-6,8,14,16H,7H2,1H3,(H2,24,27)(H,26,28)/t8?,14?,16?,19-/m0/s1. The second kappa shape index (κ2) is 6.91. The Hall–Kier alpha value is -2.81. The molecule has 4 atom stereocenters. The van der Waals surface area contributed by atoms with Gasteiger partial charge in [0.05, 0.1) is 5.02 Å². The van der Waals surface area contributed by atoms with Crippen LogP contribution < -0.4 is 11.1 Å². The molecule has 3 N–H and O–H groups in total. The first-order valence-electron chi connectivity index (χ1n) is 8.77. The molecule has 1 aliphatic carbocycles. The normalized spacial score (nSPS) is 27.5. The number of fused-ring (bicyclic) bond motifs is 1. The number of amides is 1. The quantitative estimate of drug-likeness (QED) is 0.787. The number of carbonyl (C=O) groups is 1. The number of anilines is 1. The van der Waals surface area contributed by atoms with Gasteiger partial charge in [-0.1, -0.05) is 18.5 Å². The summed E-state index contributed by atoms with van der Waals surface area (Å²) in [4.78, 5) is 20.2. The number of rotatable bonds is 4. The van der Waals surface area contributed by atoms with Gasteiger partial charge >= 0.3 is 0 Å². The van der Waals surface area contributed by atoms with Crippen molar-refractivity contribution in [1.29, 1.82) is 0 Å². The van der Waals surface area contributed by atoms with E-state index in [0.29, 0.717) is 5.02 Å². The van der Waals surface area contributed by atoms with Crippen LogP contribution in [0.2, 0.25) is 5.02 Å². The lowest BCUT2D eigenvalue weighted by atomic mass is 9.84. The third-order valence-electron chi connectivity index (χ3n) is 5.33. The molecule has 0 radical (unpaired) electrons. The van der Waals surface area contributed by atoms with Gasteiger partial charge in [0.2, 0.25) is 0 Å². The zero-order chi connectivity index (χ0) is 20.9. The van der Waals surface area contributed by atoms with Crippen molar-refractivity contribution >= 4 is 29.2 Å². The molecule has 3 unspecified atom stereocenters. The number of halogens is 4. The summed E-state index contributed by atoms with van der Waals surface area (Å²) < 4.78 is 48.6. The minimum atomic E-state index is -1.73. The lowest BCUT2D eigenvalue weighted by molar-refractivity contribution is 0.102. The summed E-state index contributed by atoms with van der Waals surface area (Å²) in [6, 6.07) is 4.52. The van der Waals surface area contributed by atoms with Crippen LogP contribution in [0.1, 0.15) is 23.0 Å². The number of carbonyl (C=O) groups excluding carboxylic acids is 1. The number of nitrogens with one attached hydrogen (secondary N) is 1. The molecule has 152 valence electrons. The molecular weight excluding hydrogens is 409 g/mol. The fourth-order valence-corrected chi connectivity index (χ4v) is 3.97. The zero-order valence-electron chi connectivity index (χ0n) is 15.1. The number of hydrogen-bond acceptors (Lipinski definition) is 5. The smallest absolute Gasteiger partial charge is 0.283 e. The van der Waals surface area contributed by atoms with Crippen molar-refractivity contribution in [2.75, 3.05) is 12.0 Å². The van der Waals surface area contributed by atoms with Crippen LogP contribution in [0.15, 0.2) is 35.5 Å². The van der Waals surface area contributed by atoms with Crippen LogP contribution in [-0.2, 0) is 10.3 Å². The molecule has 1 saturated carbocycles. The van der Waals surface area contributed by atoms with Crippen molar-refractivity contribution < 1.29 is 22.7 Å². The van der Waals surface area contributed by atoms with E-state index in [1.165, 1.54) is 18.3 Å². The van der Waals surface area contributed by atoms with Crippen molar-refractivity contribution in [1.82, 2.24) is 4.98 Å². The molecule has 1 aromatic heterocycles. The van der Waals surface area contributed by atoms with Crippen molar-refractivity contribution in [3.05, 3.63) is 58.4 Å². The molecule has 1 aliphatic heterocycles. The lowest BCUT2D eigenvalue weighted by Gasteiger charge is -2.31. The SMILES string of the molecule is CC1C2OC(N)=N[C@@](CF)(c3cc(NC(=O)c4ccc(Cl)cn4)cc(F)c3F)C12. The maximum atomic E-state index is 14.7. The minimum Gasteiger partial charge on any atom is -0.461 e. The fraction of sp³-hybridized carbons (Fsp3) is 0.316. The first-order valence-corrected chi connectivity index (χ1v) is 9.15. The number of aliphatic imine (C=N–C) groups is 1. The number of alkyl halides is 1. The summed E-state index contributed by atoms with van der Waals surface area (Å²) >= 11 is 5.74. The third kappa shape index (κ3) is 3.19. The van der Waals surface area contributed by atoms with Crippen molar-refractivity contribution in [3.63, 3.8) is 0 Å². The molecule has 2 aromatic rings. The van der Waals surface area contributed by atoms with Crippen molar-refractivity contribution in [3.8, 4) is 0 Å². The highest BCUT2D eigenvalue weighted by molar-refractivity contribution is 6.30. The highest BCUT2D eigenvalue weighted by Crippen LogP contribution is 2.57. The Morgan fingerprint density at radius 1 is 1.38 bits per heavy atom. The van der Waals surface area contributed by atoms with Crippen LogP contribution in [0, 0.1) is 23.5 Å². The van der Waals surface area contributed by atoms with Gasteiger partial charge in [-0.3, -0.25) is 4.79 Å². The summed E-state index contributed by atoms with van der Waals surface area (Å²) in [5.74, 6) is -3.81. The Morgan fingerprint density at radius 3 is 2.79 bits per heavy atom. The van der Waals surface area contributed by atoms with Gasteiger partial charge in [0.15, 0.2) is 11.6 Å². The van der Waals surface area contributed by atoms with E-state index in [-0.39, 0.29) is 28.9 Å². The average molecular weight is 425 g/mol. The molecule has 0 saturated heterocycles. The molecule has 6 nitrogen and oxygen atoms in total. The molecule has 1 fully saturated rings. The van der Waals surface area contributed by atoms with Gasteiger partial charge in [-0.2, -0.15) is 0 Å². The average Bonchev–Trinajstić information content (AvgIpc) is 3.34. The molecule has 10 heteroatoms. The molecule has 4 rings (SSSR count). The highest BCUT2D eigenvalue weighted by Gasteiger charge is 2.65. The van der Waals surface area contributed by atoms with Gasteiger partial charge in [0.25, 0.3) is 11.9 Å². The van der Waals surface area contributed by atoms with Crippen LogP contribution in [0.25, 0.3) is 0 Å². The van der Waals surface area contributed by atoms with E-state index in [1.54, 1.807) is 6.92 Å². The van der Waals surface area contributed by atoms with Gasteiger partial charge in [0.1, 0.15) is 24.0 Å². The Morgan fingerprint density at radius 2 is 2.14 bits per heavy atom. The largest absolute Gasteiger partial charge is 0.461 e. The van der Waals surface area contributed by atoms with Gasteiger partial charge in [-0.15, -0.1) is 0 Å². The van der Waals surface area contributed by atoms with Gasteiger partial charge < -0.3 is 15.8 Å². The Bertz CT molecular complexity index is 1020. The number of amidine groups is 1. The van der Waals surface area contributed by atoms with E-state index in [4.69, 9.17) is 22.1 Å². The second-order valence-electron chi connectivity index (χ2n) is 7.11. The van der Waals surface area contributed by atoms with E-state index in [0.717, 1.165) is 12.1 Å². The molecule has 29 heavy (non-hydrogen) atoms. The first kappa shape index (κ1) is 19.5. The maximum Gasteiger partial charge on any atom is 0.283 e. The number of aromatic nitrogens is 1. The van der Waals surface area contributed by atoms with Crippen LogP contribution in [-0.4, -0.2) is 29.7 Å². The third-order valence-corrected chi connectivity index (χ3v) is 5.56. The number of ether oxygens (including phenoxy) is 1. The van der Waals surface area contributed by atoms with Crippen LogP contribution in [0.3, 0.4) is 0 Å². The Labute approximate surface area is 168 Å². The van der Waals surface area contributed by atoms with E-state index in [2.05, 4.69) is 15.3 Å². The molecule has 1 amide bonds. The number of pyridine rings is 1. The molecule has 0 spiro atoms. The maximum absolute atomic E-state index is 14.7. The number of nitrogens with two attached hydrogens (primary N) is 1. The minimum absolute atomic E-state index is 0.0186. The van der Waals surface area contributed by atoms with E-state index < -0.39 is 41.8 Å². The summed E-state index contributed by atoms with van der Waals surface area (Å²) in [5.41, 5.74) is 3.55. The van der Waals surface area contributed by atoms with Gasteiger partial charge in [-0.05, 0) is 18.2 Å². The summed E-state index contributed by atoms with van der Waals surface area (Å²) in [6.07, 6.45) is 0.849. The van der Waals surface area contributed by atoms with Crippen LogP contribution in [0.4, 0.5) is 18.9 Å².